The minimum atomic E-state index is 0.449. The Labute approximate surface area is 60.0 Å². The van der Waals surface area contributed by atoms with Crippen LogP contribution < -0.4 is 0 Å². The topological polar surface area (TPSA) is 0 Å². The Kier molecular flexibility index (Phi) is 3.62. The van der Waals surface area contributed by atoms with Crippen LogP contribution in [-0.2, 0) is 0 Å². The third kappa shape index (κ3) is 2.70. The summed E-state index contributed by atoms with van der Waals surface area (Å²) in [4.78, 5) is 0. The van der Waals surface area contributed by atoms with Gasteiger partial charge in [0.1, 0.15) is 13.2 Å². The summed E-state index contributed by atoms with van der Waals surface area (Å²) in [5, 5.41) is 0. The molecule has 0 rings (SSSR count). The highest BCUT2D eigenvalue weighted by Crippen LogP contribution is 1.94. The third-order valence-electron chi connectivity index (χ3n) is 1.63. The molecule has 46 valence electrons. The van der Waals surface area contributed by atoms with Crippen molar-refractivity contribution in [3.63, 3.8) is 0 Å². The minimum absolute atomic E-state index is 0.449. The van der Waals surface area contributed by atoms with Crippen molar-refractivity contribution < 1.29 is 0 Å². The molecule has 0 aliphatic rings. The van der Waals surface area contributed by atoms with Crippen molar-refractivity contribution in [3.05, 3.63) is 0 Å². The molecule has 0 aliphatic carbocycles. The number of hydrogen-bond donors (Lipinski definition) is 0. The minimum Gasteiger partial charge on any atom is -0.177 e. The van der Waals surface area contributed by atoms with Crippen LogP contribution in [0.5, 0.6) is 0 Å². The van der Waals surface area contributed by atoms with E-state index < -0.39 is 0 Å². The van der Waals surface area contributed by atoms with Crippen molar-refractivity contribution in [1.82, 2.24) is 0 Å². The fourth-order valence-electron chi connectivity index (χ4n) is 1.15. The molecule has 0 radical (unpaired) electrons. The van der Waals surface area contributed by atoms with E-state index in [0.717, 1.165) is 0 Å². The smallest absolute Gasteiger partial charge is 0.168 e. The zero-order valence-electron chi connectivity index (χ0n) is 6.81. The summed E-state index contributed by atoms with van der Waals surface area (Å²) in [6, 6.07) is 0. The maximum absolute atomic E-state index is 5.32. The zero-order valence-corrected chi connectivity index (χ0v) is 6.81. The molecule has 0 aromatic carbocycles. The molecule has 0 aromatic heterocycles. The van der Waals surface area contributed by atoms with Gasteiger partial charge in [-0.25, -0.2) is 0 Å². The molecule has 0 aromatic rings. The van der Waals surface area contributed by atoms with Crippen LogP contribution in [0.25, 0.3) is 0 Å². The van der Waals surface area contributed by atoms with E-state index in [1.54, 1.807) is 0 Å². The van der Waals surface area contributed by atoms with Gasteiger partial charge in [0.05, 0.1) is 0 Å². The number of hydrogen-bond acceptors (Lipinski definition) is 0. The molecular formula is C6H13B3. The second-order valence-electron chi connectivity index (χ2n) is 3.18. The molecule has 0 saturated carbocycles. The fraction of sp³-hybridized carbons (Fsp3) is 0.667. The second-order valence-corrected chi connectivity index (χ2v) is 3.18. The molecule has 0 heterocycles. The molecule has 0 bridgehead atoms. The first-order valence-corrected chi connectivity index (χ1v) is 3.55. The van der Waals surface area contributed by atoms with Gasteiger partial charge in [0.25, 0.3) is 0 Å². The summed E-state index contributed by atoms with van der Waals surface area (Å²) < 4.78 is 0. The van der Waals surface area contributed by atoms with E-state index in [1.165, 1.54) is 0 Å². The van der Waals surface area contributed by atoms with Gasteiger partial charge < -0.3 is 0 Å². The van der Waals surface area contributed by atoms with Gasteiger partial charge in [-0.2, -0.15) is 5.82 Å². The molecule has 0 unspecified atom stereocenters. The van der Waals surface area contributed by atoms with E-state index in [1.807, 2.05) is 0 Å². The second kappa shape index (κ2) is 3.72. The first-order valence-electron chi connectivity index (χ1n) is 3.55. The molecule has 0 atom stereocenters. The van der Waals surface area contributed by atoms with Crippen molar-refractivity contribution in [1.29, 1.82) is 0 Å². The lowest BCUT2D eigenvalue weighted by Crippen LogP contribution is -2.40. The molecule has 0 spiro atoms. The van der Waals surface area contributed by atoms with Crippen molar-refractivity contribution >= 4 is 19.7 Å². The Bertz CT molecular complexity index is 104. The quantitative estimate of drug-likeness (QED) is 0.378. The molecule has 0 aliphatic heterocycles. The Hall–Kier alpha value is -0.245. The van der Waals surface area contributed by atoms with Gasteiger partial charge >= 0.3 is 0 Å². The van der Waals surface area contributed by atoms with Gasteiger partial charge in [-0.3, -0.25) is 0 Å². The van der Waals surface area contributed by atoms with Crippen LogP contribution in [-0.4, -0.2) is 19.7 Å². The number of terminal acetylenes is 1. The molecule has 9 heavy (non-hydrogen) atoms. The van der Waals surface area contributed by atoms with E-state index in [0.29, 0.717) is 19.7 Å². The van der Waals surface area contributed by atoms with Crippen LogP contribution in [0.3, 0.4) is 0 Å². The average molecular weight is 118 g/mol. The first-order chi connectivity index (χ1) is 4.09. The van der Waals surface area contributed by atoms with Crippen LogP contribution >= 0.6 is 0 Å². The predicted molar refractivity (Wildman–Crippen MR) is 49.6 cm³/mol. The van der Waals surface area contributed by atoms with Crippen LogP contribution in [0.4, 0.5) is 0 Å². The van der Waals surface area contributed by atoms with E-state index in [4.69, 9.17) is 6.42 Å². The Balaban J connectivity index is 3.87. The third-order valence-corrected chi connectivity index (χ3v) is 1.63. The van der Waals surface area contributed by atoms with Gasteiger partial charge in [-0.1, -0.05) is 27.3 Å². The monoisotopic (exact) mass is 118 g/mol. The maximum atomic E-state index is 5.32. The molecule has 3 heteroatoms. The van der Waals surface area contributed by atoms with Crippen molar-refractivity contribution in [2.45, 2.75) is 27.3 Å². The van der Waals surface area contributed by atoms with Gasteiger partial charge in [0, 0.05) is 0 Å². The van der Waals surface area contributed by atoms with E-state index >= 15 is 0 Å². The summed E-state index contributed by atoms with van der Waals surface area (Å²) in [6.45, 7) is 10.4. The zero-order chi connectivity index (χ0) is 7.44. The van der Waals surface area contributed by atoms with Gasteiger partial charge in [-0.15, -0.1) is 6.42 Å². The summed E-state index contributed by atoms with van der Waals surface area (Å²) in [7, 11) is 0. The van der Waals surface area contributed by atoms with Gasteiger partial charge in [0.15, 0.2) is 6.49 Å². The standard InChI is InChI=1S/C6H13B3/c1-6-9(7(2)3)8(4)5/h1H,2-5H3. The van der Waals surface area contributed by atoms with Crippen LogP contribution in [0.2, 0.25) is 27.3 Å². The molecule has 0 N–H and O–H groups in total. The lowest BCUT2D eigenvalue weighted by atomic mass is 8.90. The predicted octanol–water partition coefficient (Wildman–Crippen LogP) is 1.32. The summed E-state index contributed by atoms with van der Waals surface area (Å²) in [6.07, 6.45) is 5.32. The van der Waals surface area contributed by atoms with Crippen molar-refractivity contribution in [2.24, 2.45) is 0 Å². The van der Waals surface area contributed by atoms with Crippen molar-refractivity contribution in [3.8, 4) is 12.2 Å². The van der Waals surface area contributed by atoms with E-state index in [2.05, 4.69) is 33.1 Å². The SMILES string of the molecule is C#CB(B(C)C)B(C)C. The molecule has 0 amide bonds. The Morgan fingerprint density at radius 1 is 1.00 bits per heavy atom. The van der Waals surface area contributed by atoms with Crippen molar-refractivity contribution in [2.75, 3.05) is 0 Å². The molecule has 0 saturated heterocycles. The molecule has 0 fully saturated rings. The van der Waals surface area contributed by atoms with Crippen LogP contribution in [0, 0.1) is 12.2 Å². The lowest BCUT2D eigenvalue weighted by Gasteiger charge is -2.08. The highest BCUT2D eigenvalue weighted by Gasteiger charge is 2.22. The first kappa shape index (κ1) is 8.75. The number of rotatable bonds is 2. The normalized spacial score (nSPS) is 7.89. The van der Waals surface area contributed by atoms with E-state index in [9.17, 15) is 0 Å². The Morgan fingerprint density at radius 3 is 1.33 bits per heavy atom. The highest BCUT2D eigenvalue weighted by molar-refractivity contribution is 7.52. The molecule has 0 nitrogen and oxygen atoms in total. The largest absolute Gasteiger partial charge is 0.177 e. The van der Waals surface area contributed by atoms with Gasteiger partial charge in [-0.05, 0) is 0 Å². The molecular weight excluding hydrogens is 105 g/mol. The summed E-state index contributed by atoms with van der Waals surface area (Å²) >= 11 is 0. The van der Waals surface area contributed by atoms with Gasteiger partial charge in [0.2, 0.25) is 0 Å². The van der Waals surface area contributed by atoms with Crippen LogP contribution in [0.1, 0.15) is 0 Å². The van der Waals surface area contributed by atoms with Crippen LogP contribution in [0.15, 0.2) is 0 Å². The fourth-order valence-corrected chi connectivity index (χ4v) is 1.15. The average Bonchev–Trinajstić information content (AvgIpc) is 1.64. The highest BCUT2D eigenvalue weighted by atomic mass is 13.4. The van der Waals surface area contributed by atoms with E-state index in [-0.39, 0.29) is 0 Å². The summed E-state index contributed by atoms with van der Waals surface area (Å²) in [5.74, 6) is 2.80. The maximum Gasteiger partial charge on any atom is 0.168 e. The Morgan fingerprint density at radius 2 is 1.33 bits per heavy atom. The lowest BCUT2D eigenvalue weighted by molar-refractivity contribution is 2.04. The summed E-state index contributed by atoms with van der Waals surface area (Å²) in [5.41, 5.74) is 0.